The lowest BCUT2D eigenvalue weighted by Gasteiger charge is -2.20. The number of nitrogens with zero attached hydrogens (tertiary/aromatic N) is 3. The zero-order chi connectivity index (χ0) is 19.6. The summed E-state index contributed by atoms with van der Waals surface area (Å²) in [6.07, 6.45) is 2.06. The fraction of sp³-hybridized carbons (Fsp3) is 0.444. The lowest BCUT2D eigenvalue weighted by molar-refractivity contribution is -0.384. The monoisotopic (exact) mass is 375 g/mol. The molecule has 2 aromatic rings. The van der Waals surface area contributed by atoms with Crippen molar-refractivity contribution in [1.82, 2.24) is 9.97 Å². The summed E-state index contributed by atoms with van der Waals surface area (Å²) in [7, 11) is 0. The minimum Gasteiger partial charge on any atom is -0.394 e. The molecule has 0 spiro atoms. The highest BCUT2D eigenvalue weighted by atomic mass is 19.1. The van der Waals surface area contributed by atoms with Crippen LogP contribution in [0.1, 0.15) is 38.3 Å². The van der Waals surface area contributed by atoms with E-state index in [1.165, 1.54) is 6.07 Å². The van der Waals surface area contributed by atoms with Crippen LogP contribution in [-0.4, -0.2) is 32.6 Å². The Labute approximate surface area is 156 Å². The van der Waals surface area contributed by atoms with Crippen LogP contribution in [0.15, 0.2) is 24.3 Å². The number of aromatic nitrogens is 2. The van der Waals surface area contributed by atoms with Crippen molar-refractivity contribution >= 4 is 23.1 Å². The summed E-state index contributed by atoms with van der Waals surface area (Å²) in [5.41, 5.74) is 0.613. The normalized spacial score (nSPS) is 14.9. The summed E-state index contributed by atoms with van der Waals surface area (Å²) < 4.78 is 13.4. The molecule has 1 heterocycles. The smallest absolute Gasteiger partial charge is 0.295 e. The Morgan fingerprint density at radius 1 is 1.33 bits per heavy atom. The molecule has 1 aromatic heterocycles. The third-order valence-corrected chi connectivity index (χ3v) is 4.48. The maximum absolute atomic E-state index is 13.4. The summed E-state index contributed by atoms with van der Waals surface area (Å²) in [5.74, 6) is 0.546. The van der Waals surface area contributed by atoms with Gasteiger partial charge in [-0.2, -0.15) is 4.98 Å². The van der Waals surface area contributed by atoms with E-state index in [1.54, 1.807) is 6.07 Å². The fourth-order valence-electron chi connectivity index (χ4n) is 2.67. The van der Waals surface area contributed by atoms with Crippen molar-refractivity contribution < 1.29 is 14.4 Å². The lowest BCUT2D eigenvalue weighted by atomic mass is 10.1. The molecule has 0 unspecified atom stereocenters. The van der Waals surface area contributed by atoms with Crippen molar-refractivity contribution in [2.24, 2.45) is 5.92 Å². The summed E-state index contributed by atoms with van der Waals surface area (Å²) in [5, 5.41) is 26.8. The quantitative estimate of drug-likeness (QED) is 0.477. The average Bonchev–Trinajstić information content (AvgIpc) is 3.45. The molecule has 0 amide bonds. The van der Waals surface area contributed by atoms with Crippen LogP contribution < -0.4 is 10.6 Å². The molecule has 3 rings (SSSR count). The van der Waals surface area contributed by atoms with Crippen molar-refractivity contribution in [3.63, 3.8) is 0 Å². The predicted molar refractivity (Wildman–Crippen MR) is 99.7 cm³/mol. The molecule has 8 nitrogen and oxygen atoms in total. The highest BCUT2D eigenvalue weighted by Crippen LogP contribution is 2.40. The standard InChI is InChI=1S/C18H22FN5O3/c1-10(2)15(9-25)22-18-21-14(11-3-4-11)8-17(23-18)20-13-6-5-12(19)7-16(13)24(26)27/h5-8,10-11,15,25H,3-4,9H2,1-2H3,(H2,20,21,22,23)/t15-/m0/s1. The summed E-state index contributed by atoms with van der Waals surface area (Å²) in [6, 6.07) is 4.86. The van der Waals surface area contributed by atoms with E-state index in [0.29, 0.717) is 17.7 Å². The van der Waals surface area contributed by atoms with Gasteiger partial charge < -0.3 is 15.7 Å². The topological polar surface area (TPSA) is 113 Å². The molecule has 1 aromatic carbocycles. The van der Waals surface area contributed by atoms with Crippen LogP contribution in [0, 0.1) is 21.8 Å². The first-order valence-corrected chi connectivity index (χ1v) is 8.84. The fourth-order valence-corrected chi connectivity index (χ4v) is 2.67. The first-order chi connectivity index (χ1) is 12.9. The largest absolute Gasteiger partial charge is 0.394 e. The van der Waals surface area contributed by atoms with E-state index in [0.717, 1.165) is 30.7 Å². The summed E-state index contributed by atoms with van der Waals surface area (Å²) in [6.45, 7) is 3.88. The van der Waals surface area contributed by atoms with Gasteiger partial charge in [-0.3, -0.25) is 10.1 Å². The third kappa shape index (κ3) is 4.68. The summed E-state index contributed by atoms with van der Waals surface area (Å²) in [4.78, 5) is 19.4. The molecule has 1 atom stereocenters. The van der Waals surface area contributed by atoms with Gasteiger partial charge in [-0.25, -0.2) is 9.37 Å². The summed E-state index contributed by atoms with van der Waals surface area (Å²) >= 11 is 0. The molecule has 1 saturated carbocycles. The van der Waals surface area contributed by atoms with E-state index in [-0.39, 0.29) is 29.9 Å². The number of rotatable bonds is 8. The Morgan fingerprint density at radius 3 is 2.67 bits per heavy atom. The van der Waals surface area contributed by atoms with Gasteiger partial charge in [0.25, 0.3) is 5.69 Å². The third-order valence-electron chi connectivity index (χ3n) is 4.48. The van der Waals surface area contributed by atoms with Gasteiger partial charge in [0.05, 0.1) is 29.3 Å². The first kappa shape index (κ1) is 19.0. The average molecular weight is 375 g/mol. The van der Waals surface area contributed by atoms with Gasteiger partial charge in [-0.15, -0.1) is 0 Å². The molecule has 0 bridgehead atoms. The SMILES string of the molecule is CC(C)[C@H](CO)Nc1nc(Nc2ccc(F)cc2[N+](=O)[O-])cc(C2CC2)n1. The molecule has 3 N–H and O–H groups in total. The van der Waals surface area contributed by atoms with Crippen LogP contribution in [0.5, 0.6) is 0 Å². The zero-order valence-corrected chi connectivity index (χ0v) is 15.1. The van der Waals surface area contributed by atoms with Crippen molar-refractivity contribution in [1.29, 1.82) is 0 Å². The van der Waals surface area contributed by atoms with E-state index in [4.69, 9.17) is 0 Å². The highest BCUT2D eigenvalue weighted by Gasteiger charge is 2.27. The maximum Gasteiger partial charge on any atom is 0.295 e. The number of aliphatic hydroxyl groups excluding tert-OH is 1. The molecule has 9 heteroatoms. The second-order valence-corrected chi connectivity index (χ2v) is 7.00. The van der Waals surface area contributed by atoms with Crippen molar-refractivity contribution in [2.45, 2.75) is 38.6 Å². The highest BCUT2D eigenvalue weighted by molar-refractivity contribution is 5.68. The Hall–Kier alpha value is -2.81. The number of nitrogens with one attached hydrogen (secondary N) is 2. The van der Waals surface area contributed by atoms with E-state index < -0.39 is 10.7 Å². The van der Waals surface area contributed by atoms with Crippen LogP contribution in [0.25, 0.3) is 0 Å². The van der Waals surface area contributed by atoms with Crippen LogP contribution in [0.4, 0.5) is 27.5 Å². The van der Waals surface area contributed by atoms with Gasteiger partial charge in [0, 0.05) is 12.0 Å². The zero-order valence-electron chi connectivity index (χ0n) is 15.1. The van der Waals surface area contributed by atoms with Crippen molar-refractivity contribution in [3.8, 4) is 0 Å². The molecule has 1 fully saturated rings. The van der Waals surface area contributed by atoms with Gasteiger partial charge in [0.1, 0.15) is 17.3 Å². The molecular formula is C18H22FN5O3. The number of benzene rings is 1. The minimum absolute atomic E-state index is 0.0686. The Kier molecular flexibility index (Phi) is 5.50. The number of aliphatic hydroxyl groups is 1. The Bertz CT molecular complexity index is 842. The molecule has 0 radical (unpaired) electrons. The predicted octanol–water partition coefficient (Wildman–Crippen LogP) is 3.57. The molecule has 144 valence electrons. The lowest BCUT2D eigenvalue weighted by Crippen LogP contribution is -2.30. The van der Waals surface area contributed by atoms with Gasteiger partial charge in [-0.1, -0.05) is 13.8 Å². The molecule has 0 aliphatic heterocycles. The number of halogens is 1. The first-order valence-electron chi connectivity index (χ1n) is 8.84. The molecule has 1 aliphatic rings. The maximum atomic E-state index is 13.4. The van der Waals surface area contributed by atoms with E-state index in [9.17, 15) is 19.6 Å². The Morgan fingerprint density at radius 2 is 2.07 bits per heavy atom. The minimum atomic E-state index is -0.682. The molecular weight excluding hydrogens is 353 g/mol. The van der Waals surface area contributed by atoms with Gasteiger partial charge in [-0.05, 0) is 30.9 Å². The number of hydrogen-bond donors (Lipinski definition) is 3. The van der Waals surface area contributed by atoms with Gasteiger partial charge in [0.15, 0.2) is 0 Å². The van der Waals surface area contributed by atoms with Crippen molar-refractivity contribution in [3.05, 3.63) is 45.9 Å². The van der Waals surface area contributed by atoms with E-state index in [1.807, 2.05) is 13.8 Å². The number of hydrogen-bond acceptors (Lipinski definition) is 7. The van der Waals surface area contributed by atoms with Gasteiger partial charge in [0.2, 0.25) is 5.95 Å². The van der Waals surface area contributed by atoms with E-state index in [2.05, 4.69) is 20.6 Å². The van der Waals surface area contributed by atoms with Crippen LogP contribution in [0.3, 0.4) is 0 Å². The second-order valence-electron chi connectivity index (χ2n) is 7.00. The second kappa shape index (κ2) is 7.83. The van der Waals surface area contributed by atoms with Crippen LogP contribution in [0.2, 0.25) is 0 Å². The number of anilines is 3. The molecule has 1 aliphatic carbocycles. The molecule has 0 saturated heterocycles. The number of nitro groups is 1. The van der Waals surface area contributed by atoms with Crippen LogP contribution >= 0.6 is 0 Å². The van der Waals surface area contributed by atoms with Crippen molar-refractivity contribution in [2.75, 3.05) is 17.2 Å². The van der Waals surface area contributed by atoms with E-state index >= 15 is 0 Å². The number of nitro benzene ring substituents is 1. The van der Waals surface area contributed by atoms with Gasteiger partial charge >= 0.3 is 0 Å². The molecule has 27 heavy (non-hydrogen) atoms. The Balaban J connectivity index is 1.92. The van der Waals surface area contributed by atoms with Crippen LogP contribution in [-0.2, 0) is 0 Å².